The van der Waals surface area contributed by atoms with E-state index in [4.69, 9.17) is 4.74 Å². The molecular formula is C13H26N2O. The van der Waals surface area contributed by atoms with Crippen LogP contribution < -0.4 is 5.32 Å². The second kappa shape index (κ2) is 5.99. The third kappa shape index (κ3) is 3.72. The van der Waals surface area contributed by atoms with Crippen molar-refractivity contribution >= 4 is 0 Å². The van der Waals surface area contributed by atoms with Gasteiger partial charge in [0.1, 0.15) is 0 Å². The molecule has 16 heavy (non-hydrogen) atoms. The van der Waals surface area contributed by atoms with Gasteiger partial charge in [-0.25, -0.2) is 0 Å². The van der Waals surface area contributed by atoms with Crippen LogP contribution in [0.15, 0.2) is 0 Å². The van der Waals surface area contributed by atoms with Crippen LogP contribution in [-0.4, -0.2) is 50.3 Å². The summed E-state index contributed by atoms with van der Waals surface area (Å²) in [6.07, 6.45) is 5.55. The summed E-state index contributed by atoms with van der Waals surface area (Å²) in [5, 5.41) is 3.68. The molecule has 2 aliphatic rings. The molecule has 1 saturated carbocycles. The quantitative estimate of drug-likeness (QED) is 0.742. The number of nitrogens with zero attached hydrogens (tertiary/aromatic N) is 1. The molecule has 0 radical (unpaired) electrons. The molecule has 2 fully saturated rings. The molecule has 1 N–H and O–H groups in total. The van der Waals surface area contributed by atoms with Gasteiger partial charge in [-0.15, -0.1) is 0 Å². The van der Waals surface area contributed by atoms with Crippen LogP contribution in [0.25, 0.3) is 0 Å². The number of hydrogen-bond donors (Lipinski definition) is 1. The van der Waals surface area contributed by atoms with Crippen LogP contribution >= 0.6 is 0 Å². The van der Waals surface area contributed by atoms with Gasteiger partial charge in [-0.3, -0.25) is 0 Å². The first kappa shape index (κ1) is 12.3. The average Bonchev–Trinajstić information content (AvgIpc) is 3.11. The Morgan fingerprint density at radius 3 is 2.50 bits per heavy atom. The van der Waals surface area contributed by atoms with Gasteiger partial charge >= 0.3 is 0 Å². The van der Waals surface area contributed by atoms with E-state index in [1.165, 1.54) is 38.8 Å². The van der Waals surface area contributed by atoms with Crippen molar-refractivity contribution in [2.24, 2.45) is 5.92 Å². The maximum atomic E-state index is 5.15. The molecule has 1 unspecified atom stereocenters. The predicted octanol–water partition coefficient (Wildman–Crippen LogP) is 1.49. The molecule has 1 heterocycles. The fourth-order valence-electron chi connectivity index (χ4n) is 2.62. The summed E-state index contributed by atoms with van der Waals surface area (Å²) in [7, 11) is 1.78. The molecule has 0 aromatic heterocycles. The van der Waals surface area contributed by atoms with Gasteiger partial charge in [-0.05, 0) is 44.7 Å². The second-order valence-corrected chi connectivity index (χ2v) is 5.51. The molecule has 0 bridgehead atoms. The lowest BCUT2D eigenvalue weighted by Crippen LogP contribution is -2.44. The highest BCUT2D eigenvalue weighted by atomic mass is 16.5. The molecule has 3 nitrogen and oxygen atoms in total. The number of likely N-dealkylation sites (tertiary alicyclic amines) is 1. The van der Waals surface area contributed by atoms with Crippen LogP contribution in [0.2, 0.25) is 0 Å². The summed E-state index contributed by atoms with van der Waals surface area (Å²) < 4.78 is 5.15. The highest BCUT2D eigenvalue weighted by Crippen LogP contribution is 2.29. The van der Waals surface area contributed by atoms with E-state index in [0.29, 0.717) is 5.92 Å². The molecule has 1 aliphatic carbocycles. The molecule has 2 rings (SSSR count). The van der Waals surface area contributed by atoms with Crippen molar-refractivity contribution in [3.05, 3.63) is 0 Å². The van der Waals surface area contributed by atoms with E-state index in [2.05, 4.69) is 17.1 Å². The molecule has 0 aromatic rings. The Balaban J connectivity index is 1.57. The summed E-state index contributed by atoms with van der Waals surface area (Å²) in [5.41, 5.74) is 0. The molecule has 3 heteroatoms. The summed E-state index contributed by atoms with van der Waals surface area (Å²) in [6, 6.07) is 1.70. The van der Waals surface area contributed by atoms with E-state index in [1.807, 2.05) is 0 Å². The largest absolute Gasteiger partial charge is 0.384 e. The van der Waals surface area contributed by atoms with Gasteiger partial charge < -0.3 is 15.0 Å². The lowest BCUT2D eigenvalue weighted by atomic mass is 10.0. The number of methoxy groups -OCH3 is 1. The molecule has 1 atom stereocenters. The van der Waals surface area contributed by atoms with Gasteiger partial charge in [0, 0.05) is 32.3 Å². The maximum Gasteiger partial charge on any atom is 0.0499 e. The van der Waals surface area contributed by atoms with E-state index < -0.39 is 0 Å². The topological polar surface area (TPSA) is 24.5 Å². The van der Waals surface area contributed by atoms with Gasteiger partial charge in [0.25, 0.3) is 0 Å². The van der Waals surface area contributed by atoms with Crippen molar-refractivity contribution in [3.8, 4) is 0 Å². The van der Waals surface area contributed by atoms with Crippen LogP contribution in [0, 0.1) is 5.92 Å². The fraction of sp³-hybridized carbons (Fsp3) is 1.00. The summed E-state index contributed by atoms with van der Waals surface area (Å²) in [4.78, 5) is 2.68. The maximum absolute atomic E-state index is 5.15. The van der Waals surface area contributed by atoms with Gasteiger partial charge in [0.05, 0.1) is 0 Å². The van der Waals surface area contributed by atoms with E-state index >= 15 is 0 Å². The number of piperidine rings is 1. The standard InChI is InChI=1S/C13H26N2O/c1-11(10-16-2)9-14-12-5-7-15(8-6-12)13-3-4-13/h11-14H,3-10H2,1-2H3. The first-order valence-electron chi connectivity index (χ1n) is 6.76. The summed E-state index contributed by atoms with van der Waals surface area (Å²) >= 11 is 0. The van der Waals surface area contributed by atoms with Crippen LogP contribution in [0.3, 0.4) is 0 Å². The monoisotopic (exact) mass is 226 g/mol. The van der Waals surface area contributed by atoms with E-state index in [1.54, 1.807) is 7.11 Å². The van der Waals surface area contributed by atoms with Gasteiger partial charge in [0.15, 0.2) is 0 Å². The molecule has 0 amide bonds. The average molecular weight is 226 g/mol. The third-order valence-electron chi connectivity index (χ3n) is 3.80. The van der Waals surface area contributed by atoms with E-state index in [9.17, 15) is 0 Å². The number of nitrogens with one attached hydrogen (secondary N) is 1. The van der Waals surface area contributed by atoms with Gasteiger partial charge in [-0.2, -0.15) is 0 Å². The van der Waals surface area contributed by atoms with Gasteiger partial charge in [0.2, 0.25) is 0 Å². The van der Waals surface area contributed by atoms with Crippen LogP contribution in [0.4, 0.5) is 0 Å². The first-order chi connectivity index (χ1) is 7.79. The lowest BCUT2D eigenvalue weighted by Gasteiger charge is -2.33. The molecular weight excluding hydrogens is 200 g/mol. The highest BCUT2D eigenvalue weighted by Gasteiger charge is 2.31. The van der Waals surface area contributed by atoms with E-state index in [0.717, 1.165) is 25.2 Å². The van der Waals surface area contributed by atoms with Crippen molar-refractivity contribution in [3.63, 3.8) is 0 Å². The number of rotatable bonds is 6. The van der Waals surface area contributed by atoms with Crippen LogP contribution in [0.1, 0.15) is 32.6 Å². The number of hydrogen-bond acceptors (Lipinski definition) is 3. The molecule has 0 spiro atoms. The molecule has 1 saturated heterocycles. The zero-order chi connectivity index (χ0) is 11.4. The Kier molecular flexibility index (Phi) is 4.62. The van der Waals surface area contributed by atoms with Crippen LogP contribution in [-0.2, 0) is 4.74 Å². The van der Waals surface area contributed by atoms with Crippen molar-refractivity contribution in [2.75, 3.05) is 33.4 Å². The SMILES string of the molecule is COCC(C)CNC1CCN(C2CC2)CC1. The summed E-state index contributed by atoms with van der Waals surface area (Å²) in [6.45, 7) is 6.83. The van der Waals surface area contributed by atoms with Crippen molar-refractivity contribution in [2.45, 2.75) is 44.7 Å². The Morgan fingerprint density at radius 2 is 1.94 bits per heavy atom. The zero-order valence-corrected chi connectivity index (χ0v) is 10.7. The van der Waals surface area contributed by atoms with Crippen molar-refractivity contribution in [1.29, 1.82) is 0 Å². The van der Waals surface area contributed by atoms with Gasteiger partial charge in [-0.1, -0.05) is 6.92 Å². The Labute approximate surface area is 99.5 Å². The Hall–Kier alpha value is -0.120. The molecule has 1 aliphatic heterocycles. The molecule has 94 valence electrons. The minimum absolute atomic E-state index is 0.631. The van der Waals surface area contributed by atoms with Crippen molar-refractivity contribution in [1.82, 2.24) is 10.2 Å². The normalized spacial score (nSPS) is 25.9. The predicted molar refractivity (Wildman–Crippen MR) is 66.7 cm³/mol. The third-order valence-corrected chi connectivity index (χ3v) is 3.80. The Morgan fingerprint density at radius 1 is 1.25 bits per heavy atom. The van der Waals surface area contributed by atoms with Crippen molar-refractivity contribution < 1.29 is 4.74 Å². The zero-order valence-electron chi connectivity index (χ0n) is 10.7. The number of ether oxygens (including phenoxy) is 1. The molecule has 0 aromatic carbocycles. The lowest BCUT2D eigenvalue weighted by molar-refractivity contribution is 0.148. The summed E-state index contributed by atoms with van der Waals surface area (Å²) in [5.74, 6) is 0.631. The first-order valence-corrected chi connectivity index (χ1v) is 6.76. The second-order valence-electron chi connectivity index (χ2n) is 5.51. The Bertz CT molecular complexity index is 198. The fourth-order valence-corrected chi connectivity index (χ4v) is 2.62. The minimum Gasteiger partial charge on any atom is -0.384 e. The highest BCUT2D eigenvalue weighted by molar-refractivity contribution is 4.88. The van der Waals surface area contributed by atoms with E-state index in [-0.39, 0.29) is 0 Å². The van der Waals surface area contributed by atoms with Crippen LogP contribution in [0.5, 0.6) is 0 Å². The minimum atomic E-state index is 0.631. The smallest absolute Gasteiger partial charge is 0.0499 e.